The number of benzene rings is 1. The van der Waals surface area contributed by atoms with Gasteiger partial charge in [0.15, 0.2) is 0 Å². The minimum absolute atomic E-state index is 0.0594. The Bertz CT molecular complexity index is 853. The van der Waals surface area contributed by atoms with Crippen molar-refractivity contribution in [3.8, 4) is 0 Å². The van der Waals surface area contributed by atoms with Crippen LogP contribution in [0.25, 0.3) is 0 Å². The number of sulfonamides is 1. The molecule has 1 aromatic carbocycles. The summed E-state index contributed by atoms with van der Waals surface area (Å²) in [5.41, 5.74) is 5.85. The van der Waals surface area contributed by atoms with Crippen molar-refractivity contribution in [3.05, 3.63) is 42.2 Å². The highest BCUT2D eigenvalue weighted by molar-refractivity contribution is 7.89. The van der Waals surface area contributed by atoms with Gasteiger partial charge < -0.3 is 11.1 Å². The first-order valence-corrected chi connectivity index (χ1v) is 9.28. The van der Waals surface area contributed by atoms with Gasteiger partial charge in [-0.1, -0.05) is 6.07 Å². The number of nitrogens with zero attached hydrogens (tertiary/aromatic N) is 2. The van der Waals surface area contributed by atoms with Crippen molar-refractivity contribution in [2.45, 2.75) is 31.2 Å². The van der Waals surface area contributed by atoms with E-state index in [1.54, 1.807) is 23.0 Å². The maximum Gasteiger partial charge on any atom is 0.258 e. The first-order chi connectivity index (χ1) is 11.6. The fourth-order valence-corrected chi connectivity index (χ4v) is 3.12. The molecule has 136 valence electrons. The predicted octanol–water partition coefficient (Wildman–Crippen LogP) is 1.13. The van der Waals surface area contributed by atoms with Crippen LogP contribution in [0.3, 0.4) is 0 Å². The number of hydrogen-bond acceptors (Lipinski definition) is 5. The maximum absolute atomic E-state index is 12.3. The van der Waals surface area contributed by atoms with Crippen molar-refractivity contribution in [2.24, 2.45) is 5.73 Å². The number of aromatic nitrogens is 2. The van der Waals surface area contributed by atoms with Gasteiger partial charge in [0.2, 0.25) is 10.0 Å². The van der Waals surface area contributed by atoms with E-state index < -0.39 is 10.0 Å². The first-order valence-electron chi connectivity index (χ1n) is 7.80. The average molecular weight is 365 g/mol. The zero-order valence-corrected chi connectivity index (χ0v) is 15.3. The summed E-state index contributed by atoms with van der Waals surface area (Å²) in [7, 11) is -3.66. The maximum atomic E-state index is 12.3. The summed E-state index contributed by atoms with van der Waals surface area (Å²) in [6.07, 6.45) is 3.13. The van der Waals surface area contributed by atoms with Gasteiger partial charge >= 0.3 is 0 Å². The zero-order chi connectivity index (χ0) is 18.7. The molecule has 0 saturated carbocycles. The molecule has 2 aromatic rings. The quantitative estimate of drug-likeness (QED) is 0.709. The third-order valence-corrected chi connectivity index (χ3v) is 4.83. The fraction of sp³-hybridized carbons (Fsp3) is 0.375. The molecule has 25 heavy (non-hydrogen) atoms. The van der Waals surface area contributed by atoms with E-state index >= 15 is 0 Å². The Morgan fingerprint density at radius 3 is 2.64 bits per heavy atom. The van der Waals surface area contributed by atoms with Crippen molar-refractivity contribution in [3.63, 3.8) is 0 Å². The molecule has 1 aromatic heterocycles. The molecular formula is C16H23N5O3S. The van der Waals surface area contributed by atoms with Crippen LogP contribution in [0, 0.1) is 0 Å². The molecular weight excluding hydrogens is 342 g/mol. The topological polar surface area (TPSA) is 119 Å². The highest BCUT2D eigenvalue weighted by Crippen LogP contribution is 2.17. The van der Waals surface area contributed by atoms with Gasteiger partial charge in [0.1, 0.15) is 0 Å². The Morgan fingerprint density at radius 2 is 2.04 bits per heavy atom. The molecule has 0 radical (unpaired) electrons. The molecule has 0 aliphatic carbocycles. The summed E-state index contributed by atoms with van der Waals surface area (Å²) < 4.78 is 28.3. The van der Waals surface area contributed by atoms with Gasteiger partial charge in [0.05, 0.1) is 22.2 Å². The molecule has 8 nitrogen and oxygen atoms in total. The van der Waals surface area contributed by atoms with Gasteiger partial charge in [-0.05, 0) is 39.0 Å². The van der Waals surface area contributed by atoms with Crippen LogP contribution in [0.4, 0.5) is 5.69 Å². The van der Waals surface area contributed by atoms with Crippen molar-refractivity contribution in [2.75, 3.05) is 18.4 Å². The van der Waals surface area contributed by atoms with Gasteiger partial charge in [-0.15, -0.1) is 0 Å². The van der Waals surface area contributed by atoms with Gasteiger partial charge in [-0.2, -0.15) is 5.10 Å². The van der Waals surface area contributed by atoms with Crippen LogP contribution in [-0.2, 0) is 15.6 Å². The number of carbonyl (C=O) groups excluding carboxylic acids is 1. The average Bonchev–Trinajstić information content (AvgIpc) is 3.03. The van der Waals surface area contributed by atoms with Crippen LogP contribution >= 0.6 is 0 Å². The normalized spacial score (nSPS) is 12.2. The minimum Gasteiger partial charge on any atom is -0.329 e. The first kappa shape index (κ1) is 19.1. The van der Waals surface area contributed by atoms with Crippen LogP contribution in [0.5, 0.6) is 0 Å². The number of carbonyl (C=O) groups is 1. The monoisotopic (exact) mass is 365 g/mol. The Labute approximate surface area is 147 Å². The standard InChI is InChI=1S/C16H23N5O3S/c1-16(2,3)21-11-12(10-18-21)15(22)20-13-5-4-6-14(9-13)25(23,24)19-8-7-17/h4-6,9-11,19H,7-8,17H2,1-3H3,(H,20,22). The summed E-state index contributed by atoms with van der Waals surface area (Å²) in [6.45, 7) is 6.28. The summed E-state index contributed by atoms with van der Waals surface area (Å²) >= 11 is 0. The lowest BCUT2D eigenvalue weighted by Crippen LogP contribution is -2.29. The van der Waals surface area contributed by atoms with Crippen LogP contribution in [0.1, 0.15) is 31.1 Å². The smallest absolute Gasteiger partial charge is 0.258 e. The highest BCUT2D eigenvalue weighted by atomic mass is 32.2. The molecule has 0 aliphatic rings. The number of nitrogens with one attached hydrogen (secondary N) is 2. The molecule has 0 atom stereocenters. The Kier molecular flexibility index (Phi) is 5.61. The largest absolute Gasteiger partial charge is 0.329 e. The Hall–Kier alpha value is -2.23. The summed E-state index contributed by atoms with van der Waals surface area (Å²) in [5.74, 6) is -0.361. The lowest BCUT2D eigenvalue weighted by Gasteiger charge is -2.18. The van der Waals surface area contributed by atoms with Crippen molar-refractivity contribution >= 4 is 21.6 Å². The van der Waals surface area contributed by atoms with E-state index in [1.807, 2.05) is 20.8 Å². The number of rotatable bonds is 6. The predicted molar refractivity (Wildman–Crippen MR) is 95.9 cm³/mol. The molecule has 0 unspecified atom stereocenters. The van der Waals surface area contributed by atoms with E-state index in [0.717, 1.165) is 0 Å². The van der Waals surface area contributed by atoms with E-state index in [2.05, 4.69) is 15.1 Å². The van der Waals surface area contributed by atoms with E-state index in [0.29, 0.717) is 11.3 Å². The second-order valence-electron chi connectivity index (χ2n) is 6.51. The molecule has 2 rings (SSSR count). The molecule has 1 amide bonds. The second-order valence-corrected chi connectivity index (χ2v) is 8.28. The minimum atomic E-state index is -3.66. The number of hydrogen-bond donors (Lipinski definition) is 3. The second kappa shape index (κ2) is 7.34. The van der Waals surface area contributed by atoms with E-state index in [4.69, 9.17) is 5.73 Å². The molecule has 0 spiro atoms. The Morgan fingerprint density at radius 1 is 1.32 bits per heavy atom. The third-order valence-electron chi connectivity index (χ3n) is 3.37. The lowest BCUT2D eigenvalue weighted by molar-refractivity contribution is 0.102. The van der Waals surface area contributed by atoms with E-state index in [1.165, 1.54) is 18.3 Å². The van der Waals surface area contributed by atoms with Gasteiger partial charge in [0, 0.05) is 25.0 Å². The van der Waals surface area contributed by atoms with Crippen molar-refractivity contribution in [1.82, 2.24) is 14.5 Å². The Balaban J connectivity index is 2.17. The number of anilines is 1. The van der Waals surface area contributed by atoms with Crippen molar-refractivity contribution in [1.29, 1.82) is 0 Å². The number of nitrogens with two attached hydrogens (primary N) is 1. The third kappa shape index (κ3) is 4.88. The summed E-state index contributed by atoms with van der Waals surface area (Å²) in [6, 6.07) is 6.02. The molecule has 0 aliphatic heterocycles. The lowest BCUT2D eigenvalue weighted by atomic mass is 10.1. The highest BCUT2D eigenvalue weighted by Gasteiger charge is 2.18. The van der Waals surface area contributed by atoms with E-state index in [-0.39, 0.29) is 29.4 Å². The molecule has 4 N–H and O–H groups in total. The number of amides is 1. The van der Waals surface area contributed by atoms with Crippen LogP contribution < -0.4 is 15.8 Å². The van der Waals surface area contributed by atoms with Crippen molar-refractivity contribution < 1.29 is 13.2 Å². The SMILES string of the molecule is CC(C)(C)n1cc(C(=O)Nc2cccc(S(=O)(=O)NCCN)c2)cn1. The summed E-state index contributed by atoms with van der Waals surface area (Å²) in [5, 5.41) is 6.86. The summed E-state index contributed by atoms with van der Waals surface area (Å²) in [4.78, 5) is 12.4. The van der Waals surface area contributed by atoms with Crippen LogP contribution in [0.2, 0.25) is 0 Å². The van der Waals surface area contributed by atoms with Crippen LogP contribution in [0.15, 0.2) is 41.6 Å². The molecule has 9 heteroatoms. The zero-order valence-electron chi connectivity index (χ0n) is 14.5. The van der Waals surface area contributed by atoms with Crippen LogP contribution in [-0.4, -0.2) is 37.2 Å². The molecule has 0 fully saturated rings. The molecule has 0 bridgehead atoms. The molecule has 1 heterocycles. The van der Waals surface area contributed by atoms with Gasteiger partial charge in [0.25, 0.3) is 5.91 Å². The fourth-order valence-electron chi connectivity index (χ4n) is 2.03. The molecule has 0 saturated heterocycles. The van der Waals surface area contributed by atoms with E-state index in [9.17, 15) is 13.2 Å². The van der Waals surface area contributed by atoms with Gasteiger partial charge in [-0.25, -0.2) is 13.1 Å². The van der Waals surface area contributed by atoms with Gasteiger partial charge in [-0.3, -0.25) is 9.48 Å².